The van der Waals surface area contributed by atoms with E-state index in [0.717, 1.165) is 9.20 Å². The van der Waals surface area contributed by atoms with Gasteiger partial charge in [-0.25, -0.2) is 9.48 Å². The maximum absolute atomic E-state index is 12.3. The molecule has 21 heavy (non-hydrogen) atoms. The molecule has 0 bridgehead atoms. The lowest BCUT2D eigenvalue weighted by molar-refractivity contribution is -0.383. The fraction of sp³-hybridized carbons (Fsp3) is 0.0833. The number of para-hydroxylation sites is 1. The number of H-pyrrole nitrogens is 1. The lowest BCUT2D eigenvalue weighted by atomic mass is 10.3. The topological polar surface area (TPSA) is 115 Å². The summed E-state index contributed by atoms with van der Waals surface area (Å²) in [5, 5.41) is 17.1. The molecule has 9 heteroatoms. The van der Waals surface area contributed by atoms with E-state index in [1.54, 1.807) is 30.3 Å². The lowest BCUT2D eigenvalue weighted by Gasteiger charge is -2.04. The van der Waals surface area contributed by atoms with Crippen molar-refractivity contribution < 1.29 is 4.92 Å². The van der Waals surface area contributed by atoms with Gasteiger partial charge >= 0.3 is 11.4 Å². The van der Waals surface area contributed by atoms with Gasteiger partial charge in [-0.15, -0.1) is 0 Å². The molecule has 1 N–H and O–H groups in total. The zero-order valence-electron chi connectivity index (χ0n) is 10.8. The zero-order valence-corrected chi connectivity index (χ0v) is 10.8. The van der Waals surface area contributed by atoms with Crippen molar-refractivity contribution in [1.82, 2.24) is 19.4 Å². The molecule has 3 rings (SSSR count). The Morgan fingerprint density at radius 3 is 2.52 bits per heavy atom. The van der Waals surface area contributed by atoms with Crippen LogP contribution in [0.1, 0.15) is 5.69 Å². The summed E-state index contributed by atoms with van der Waals surface area (Å²) in [6, 6.07) is 8.39. The van der Waals surface area contributed by atoms with Crippen LogP contribution in [0.5, 0.6) is 0 Å². The number of nitro groups is 1. The van der Waals surface area contributed by atoms with Gasteiger partial charge in [-0.2, -0.15) is 9.61 Å². The molecule has 0 fully saturated rings. The average molecular weight is 287 g/mol. The summed E-state index contributed by atoms with van der Waals surface area (Å²) >= 11 is 0. The largest absolute Gasteiger partial charge is 0.369 e. The average Bonchev–Trinajstić information content (AvgIpc) is 2.82. The molecule has 0 amide bonds. The molecule has 0 atom stereocenters. The fourth-order valence-corrected chi connectivity index (χ4v) is 2.13. The van der Waals surface area contributed by atoms with Crippen LogP contribution in [0, 0.1) is 17.0 Å². The molecule has 0 aliphatic carbocycles. The number of rotatable bonds is 2. The van der Waals surface area contributed by atoms with Crippen LogP contribution < -0.4 is 11.2 Å². The van der Waals surface area contributed by atoms with Crippen molar-refractivity contribution in [2.75, 3.05) is 0 Å². The first kappa shape index (κ1) is 12.8. The van der Waals surface area contributed by atoms with Crippen LogP contribution >= 0.6 is 0 Å². The number of hydrogen-bond donors (Lipinski definition) is 1. The molecular weight excluding hydrogens is 278 g/mol. The van der Waals surface area contributed by atoms with E-state index < -0.39 is 21.9 Å². The Balaban J connectivity index is 2.45. The van der Waals surface area contributed by atoms with Crippen molar-refractivity contribution in [2.24, 2.45) is 0 Å². The molecule has 0 unspecified atom stereocenters. The van der Waals surface area contributed by atoms with E-state index in [0.29, 0.717) is 5.69 Å². The first-order valence-electron chi connectivity index (χ1n) is 5.95. The van der Waals surface area contributed by atoms with Crippen LogP contribution in [0.2, 0.25) is 0 Å². The Morgan fingerprint density at radius 1 is 1.24 bits per heavy atom. The summed E-state index contributed by atoms with van der Waals surface area (Å²) in [6.45, 7) is 1.37. The van der Waals surface area contributed by atoms with Crippen molar-refractivity contribution in [3.63, 3.8) is 0 Å². The second kappa shape index (κ2) is 4.40. The molecule has 106 valence electrons. The monoisotopic (exact) mass is 287 g/mol. The van der Waals surface area contributed by atoms with Crippen LogP contribution in [-0.2, 0) is 0 Å². The lowest BCUT2D eigenvalue weighted by Crippen LogP contribution is -2.34. The molecule has 2 aromatic heterocycles. The van der Waals surface area contributed by atoms with E-state index >= 15 is 0 Å². The van der Waals surface area contributed by atoms with E-state index in [1.807, 2.05) is 0 Å². The number of nitrogens with zero attached hydrogens (tertiary/aromatic N) is 4. The predicted octanol–water partition coefficient (Wildman–Crippen LogP) is 0.390. The number of benzene rings is 1. The Hall–Kier alpha value is -3.23. The number of fused-ring (bicyclic) bond motifs is 1. The summed E-state index contributed by atoms with van der Waals surface area (Å²) in [5.41, 5.74) is -1.84. The van der Waals surface area contributed by atoms with Gasteiger partial charge in [-0.05, 0) is 19.1 Å². The molecule has 0 saturated heterocycles. The Labute approximate surface area is 116 Å². The minimum Gasteiger partial charge on any atom is -0.265 e. The standard InChI is InChI=1S/C12H9N5O4/c1-7-9(17(20)21)10-11(18)14-15(12(19)16(10)13-7)8-5-3-2-4-6-8/h2-6H,1H3,(H,14,18). The van der Waals surface area contributed by atoms with Crippen molar-refractivity contribution >= 4 is 11.2 Å². The third-order valence-corrected chi connectivity index (χ3v) is 3.03. The van der Waals surface area contributed by atoms with Gasteiger partial charge < -0.3 is 0 Å². The second-order valence-electron chi connectivity index (χ2n) is 4.35. The number of hydrogen-bond acceptors (Lipinski definition) is 5. The number of aromatic amines is 1. The van der Waals surface area contributed by atoms with E-state index in [2.05, 4.69) is 10.2 Å². The fourth-order valence-electron chi connectivity index (χ4n) is 2.13. The van der Waals surface area contributed by atoms with Crippen LogP contribution in [-0.4, -0.2) is 24.3 Å². The maximum atomic E-state index is 12.3. The van der Waals surface area contributed by atoms with E-state index in [9.17, 15) is 19.7 Å². The van der Waals surface area contributed by atoms with Gasteiger partial charge in [0.25, 0.3) is 5.56 Å². The van der Waals surface area contributed by atoms with Crippen LogP contribution in [0.4, 0.5) is 5.69 Å². The van der Waals surface area contributed by atoms with Crippen molar-refractivity contribution in [2.45, 2.75) is 6.92 Å². The van der Waals surface area contributed by atoms with Crippen LogP contribution in [0.3, 0.4) is 0 Å². The smallest absolute Gasteiger partial charge is 0.265 e. The highest BCUT2D eigenvalue weighted by molar-refractivity contribution is 5.65. The van der Waals surface area contributed by atoms with E-state index in [4.69, 9.17) is 0 Å². The molecule has 0 radical (unpaired) electrons. The zero-order chi connectivity index (χ0) is 15.1. The first-order chi connectivity index (χ1) is 10.0. The number of nitrogens with one attached hydrogen (secondary N) is 1. The summed E-state index contributed by atoms with van der Waals surface area (Å²) in [5.74, 6) is 0. The highest BCUT2D eigenvalue weighted by atomic mass is 16.6. The first-order valence-corrected chi connectivity index (χ1v) is 5.95. The van der Waals surface area contributed by atoms with Gasteiger partial charge in [0.1, 0.15) is 5.69 Å². The van der Waals surface area contributed by atoms with Crippen LogP contribution in [0.15, 0.2) is 39.9 Å². The third kappa shape index (κ3) is 1.83. The van der Waals surface area contributed by atoms with Gasteiger partial charge in [0.05, 0.1) is 10.6 Å². The van der Waals surface area contributed by atoms with Gasteiger partial charge in [-0.3, -0.25) is 20.0 Å². The quantitative estimate of drug-likeness (QED) is 0.540. The SMILES string of the molecule is Cc1nn2c(=O)n(-c3ccccc3)[nH]c(=O)c2c1[N+](=O)[O-]. The number of aryl methyl sites for hydroxylation is 1. The van der Waals surface area contributed by atoms with Gasteiger partial charge in [0, 0.05) is 0 Å². The van der Waals surface area contributed by atoms with Crippen molar-refractivity contribution in [3.8, 4) is 5.69 Å². The van der Waals surface area contributed by atoms with Gasteiger partial charge in [0.2, 0.25) is 5.52 Å². The normalized spacial score (nSPS) is 10.9. The molecule has 0 aliphatic heterocycles. The van der Waals surface area contributed by atoms with Crippen molar-refractivity contribution in [3.05, 3.63) is 67.0 Å². The molecule has 0 spiro atoms. The molecule has 3 aromatic rings. The Kier molecular flexibility index (Phi) is 2.68. The van der Waals surface area contributed by atoms with Crippen LogP contribution in [0.25, 0.3) is 11.2 Å². The molecule has 0 saturated carbocycles. The molecule has 9 nitrogen and oxygen atoms in total. The minimum atomic E-state index is -0.759. The Bertz CT molecular complexity index is 967. The summed E-state index contributed by atoms with van der Waals surface area (Å²) in [7, 11) is 0. The second-order valence-corrected chi connectivity index (χ2v) is 4.35. The van der Waals surface area contributed by atoms with Gasteiger partial charge in [0.15, 0.2) is 0 Å². The van der Waals surface area contributed by atoms with Crippen molar-refractivity contribution in [1.29, 1.82) is 0 Å². The molecule has 2 heterocycles. The summed E-state index contributed by atoms with van der Waals surface area (Å²) in [4.78, 5) is 34.7. The summed E-state index contributed by atoms with van der Waals surface area (Å²) < 4.78 is 1.74. The summed E-state index contributed by atoms with van der Waals surface area (Å²) in [6.07, 6.45) is 0. The molecular formula is C12H9N5O4. The minimum absolute atomic E-state index is 0.00779. The number of aromatic nitrogens is 4. The van der Waals surface area contributed by atoms with E-state index in [-0.39, 0.29) is 11.2 Å². The highest BCUT2D eigenvalue weighted by Gasteiger charge is 2.25. The predicted molar refractivity (Wildman–Crippen MR) is 72.8 cm³/mol. The van der Waals surface area contributed by atoms with Gasteiger partial charge in [-0.1, -0.05) is 18.2 Å². The molecule has 1 aromatic carbocycles. The van der Waals surface area contributed by atoms with E-state index in [1.165, 1.54) is 6.92 Å². The third-order valence-electron chi connectivity index (χ3n) is 3.03. The molecule has 0 aliphatic rings. The highest BCUT2D eigenvalue weighted by Crippen LogP contribution is 2.19. The Morgan fingerprint density at radius 2 is 1.90 bits per heavy atom. The maximum Gasteiger partial charge on any atom is 0.369 e.